The van der Waals surface area contributed by atoms with Crippen molar-refractivity contribution < 1.29 is 9.47 Å². The smallest absolute Gasteiger partial charge is 0.162 e. The molecule has 0 spiro atoms. The molecule has 0 saturated heterocycles. The zero-order valence-corrected chi connectivity index (χ0v) is 11.8. The van der Waals surface area contributed by atoms with Gasteiger partial charge in [0.2, 0.25) is 0 Å². The first-order chi connectivity index (χ1) is 8.74. The number of rotatable bonds is 5. The first kappa shape index (κ1) is 13.2. The zero-order chi connectivity index (χ0) is 13.0. The average Bonchev–Trinajstić information content (AvgIpc) is 2.88. The normalized spacial score (nSPS) is 12.2. The molecule has 3 nitrogen and oxygen atoms in total. The van der Waals surface area contributed by atoms with Gasteiger partial charge in [0.15, 0.2) is 11.5 Å². The molecule has 0 amide bonds. The van der Waals surface area contributed by atoms with Gasteiger partial charge in [-0.15, -0.1) is 22.9 Å². The summed E-state index contributed by atoms with van der Waals surface area (Å²) in [6, 6.07) is 7.57. The maximum Gasteiger partial charge on any atom is 0.162 e. The lowest BCUT2D eigenvalue weighted by Crippen LogP contribution is -2.04. The third-order valence-electron chi connectivity index (χ3n) is 2.43. The van der Waals surface area contributed by atoms with Gasteiger partial charge in [-0.2, -0.15) is 0 Å². The van der Waals surface area contributed by atoms with Crippen LogP contribution in [0.1, 0.15) is 23.7 Å². The number of hydrogen-bond acceptors (Lipinski definition) is 4. The molecule has 1 heterocycles. The maximum atomic E-state index is 5.86. The highest BCUT2D eigenvalue weighted by Gasteiger charge is 2.14. The van der Waals surface area contributed by atoms with Gasteiger partial charge in [0.1, 0.15) is 11.1 Å². The lowest BCUT2D eigenvalue weighted by Gasteiger charge is -2.14. The van der Waals surface area contributed by atoms with E-state index in [1.165, 1.54) is 0 Å². The fraction of sp³-hybridized carbons (Fsp3) is 0.308. The Morgan fingerprint density at radius 1 is 1.33 bits per heavy atom. The van der Waals surface area contributed by atoms with Crippen LogP contribution in [0.15, 0.2) is 29.6 Å². The van der Waals surface area contributed by atoms with Crippen LogP contribution in [0, 0.1) is 0 Å². The monoisotopic (exact) mass is 283 g/mol. The number of nitrogens with zero attached hydrogens (tertiary/aromatic N) is 1. The molecule has 0 N–H and O–H groups in total. The third-order valence-corrected chi connectivity index (χ3v) is 3.76. The molecule has 0 aliphatic carbocycles. The molecule has 2 aromatic rings. The number of thiazole rings is 1. The van der Waals surface area contributed by atoms with Crippen molar-refractivity contribution in [2.75, 3.05) is 7.11 Å². The molecular weight excluding hydrogens is 270 g/mol. The number of para-hydroxylation sites is 2. The van der Waals surface area contributed by atoms with Crippen LogP contribution >= 0.6 is 22.9 Å². The molecule has 18 heavy (non-hydrogen) atoms. The second-order valence-electron chi connectivity index (χ2n) is 3.72. The van der Waals surface area contributed by atoms with E-state index >= 15 is 0 Å². The Bertz CT molecular complexity index is 515. The van der Waals surface area contributed by atoms with Crippen LogP contribution in [0.4, 0.5) is 0 Å². The minimum absolute atomic E-state index is 0.122. The van der Waals surface area contributed by atoms with Crippen LogP contribution in [0.3, 0.4) is 0 Å². The van der Waals surface area contributed by atoms with Crippen molar-refractivity contribution in [1.82, 2.24) is 4.98 Å². The van der Waals surface area contributed by atoms with E-state index in [0.29, 0.717) is 5.88 Å². The van der Waals surface area contributed by atoms with Crippen molar-refractivity contribution in [3.63, 3.8) is 0 Å². The number of hydrogen-bond donors (Lipinski definition) is 0. The Morgan fingerprint density at radius 3 is 2.67 bits per heavy atom. The number of aromatic nitrogens is 1. The second kappa shape index (κ2) is 6.07. The molecule has 5 heteroatoms. The Labute approximate surface area is 115 Å². The molecule has 2 rings (SSSR count). The summed E-state index contributed by atoms with van der Waals surface area (Å²) in [5, 5.41) is 2.86. The summed E-state index contributed by atoms with van der Waals surface area (Å²) in [6.45, 7) is 1.96. The van der Waals surface area contributed by atoms with Crippen molar-refractivity contribution in [3.8, 4) is 11.5 Å². The quantitative estimate of drug-likeness (QED) is 0.776. The van der Waals surface area contributed by atoms with E-state index in [4.69, 9.17) is 21.1 Å². The van der Waals surface area contributed by atoms with Gasteiger partial charge >= 0.3 is 0 Å². The zero-order valence-electron chi connectivity index (χ0n) is 10.2. The summed E-state index contributed by atoms with van der Waals surface area (Å²) >= 11 is 7.29. The average molecular weight is 284 g/mol. The highest BCUT2D eigenvalue weighted by molar-refractivity contribution is 7.09. The number of ether oxygens (including phenoxy) is 2. The Hall–Kier alpha value is -1.26. The lowest BCUT2D eigenvalue weighted by atomic mass is 10.3. The molecule has 0 fully saturated rings. The highest BCUT2D eigenvalue weighted by atomic mass is 35.5. The number of methoxy groups -OCH3 is 1. The number of alkyl halides is 1. The molecule has 0 radical (unpaired) electrons. The molecular formula is C13H14ClNO2S. The molecule has 1 unspecified atom stereocenters. The van der Waals surface area contributed by atoms with Crippen LogP contribution in [-0.2, 0) is 5.88 Å². The van der Waals surface area contributed by atoms with Crippen molar-refractivity contribution in [2.45, 2.75) is 18.9 Å². The van der Waals surface area contributed by atoms with E-state index in [-0.39, 0.29) is 6.10 Å². The Morgan fingerprint density at radius 2 is 2.06 bits per heavy atom. The van der Waals surface area contributed by atoms with E-state index in [1.807, 2.05) is 36.6 Å². The summed E-state index contributed by atoms with van der Waals surface area (Å²) in [6.07, 6.45) is -0.122. The van der Waals surface area contributed by atoms with Gasteiger partial charge in [-0.1, -0.05) is 12.1 Å². The standard InChI is InChI=1S/C13H14ClNO2S/c1-9(13-15-10(7-14)8-18-13)17-12-6-4-3-5-11(12)16-2/h3-6,8-9H,7H2,1-2H3. The summed E-state index contributed by atoms with van der Waals surface area (Å²) < 4.78 is 11.1. The predicted molar refractivity (Wildman–Crippen MR) is 73.7 cm³/mol. The lowest BCUT2D eigenvalue weighted by molar-refractivity contribution is 0.215. The van der Waals surface area contributed by atoms with E-state index in [9.17, 15) is 0 Å². The Kier molecular flexibility index (Phi) is 4.44. The molecule has 0 aliphatic rings. The SMILES string of the molecule is COc1ccccc1OC(C)c1nc(CCl)cs1. The number of benzene rings is 1. The second-order valence-corrected chi connectivity index (χ2v) is 4.88. The molecule has 1 aromatic carbocycles. The van der Waals surface area contributed by atoms with Crippen molar-refractivity contribution >= 4 is 22.9 Å². The molecule has 0 aliphatic heterocycles. The van der Waals surface area contributed by atoms with Gasteiger partial charge in [-0.3, -0.25) is 0 Å². The molecule has 96 valence electrons. The molecule has 1 atom stereocenters. The summed E-state index contributed by atoms with van der Waals surface area (Å²) in [5.41, 5.74) is 0.882. The van der Waals surface area contributed by atoms with E-state index in [0.717, 1.165) is 22.2 Å². The minimum atomic E-state index is -0.122. The molecule has 0 bridgehead atoms. The minimum Gasteiger partial charge on any atom is -0.493 e. The summed E-state index contributed by atoms with van der Waals surface area (Å²) in [4.78, 5) is 4.40. The van der Waals surface area contributed by atoms with E-state index in [1.54, 1.807) is 18.4 Å². The first-order valence-electron chi connectivity index (χ1n) is 5.54. The van der Waals surface area contributed by atoms with Gasteiger partial charge in [-0.05, 0) is 19.1 Å². The van der Waals surface area contributed by atoms with Crippen LogP contribution in [0.2, 0.25) is 0 Å². The summed E-state index contributed by atoms with van der Waals surface area (Å²) in [5.74, 6) is 1.87. The van der Waals surface area contributed by atoms with E-state index < -0.39 is 0 Å². The van der Waals surface area contributed by atoms with Gasteiger partial charge < -0.3 is 9.47 Å². The van der Waals surface area contributed by atoms with Gasteiger partial charge in [0, 0.05) is 5.38 Å². The number of halogens is 1. The Balaban J connectivity index is 2.13. The van der Waals surface area contributed by atoms with Crippen molar-refractivity contribution in [3.05, 3.63) is 40.3 Å². The molecule has 1 aromatic heterocycles. The maximum absolute atomic E-state index is 5.86. The first-order valence-corrected chi connectivity index (χ1v) is 6.96. The van der Waals surface area contributed by atoms with Crippen LogP contribution in [-0.4, -0.2) is 12.1 Å². The van der Waals surface area contributed by atoms with Gasteiger partial charge in [0.25, 0.3) is 0 Å². The fourth-order valence-electron chi connectivity index (χ4n) is 1.53. The highest BCUT2D eigenvalue weighted by Crippen LogP contribution is 2.31. The topological polar surface area (TPSA) is 31.4 Å². The van der Waals surface area contributed by atoms with Crippen LogP contribution < -0.4 is 9.47 Å². The largest absolute Gasteiger partial charge is 0.493 e. The van der Waals surface area contributed by atoms with Crippen molar-refractivity contribution in [1.29, 1.82) is 0 Å². The molecule has 0 saturated carbocycles. The van der Waals surface area contributed by atoms with Gasteiger partial charge in [0.05, 0.1) is 18.7 Å². The van der Waals surface area contributed by atoms with Crippen LogP contribution in [0.5, 0.6) is 11.5 Å². The predicted octanol–water partition coefficient (Wildman–Crippen LogP) is 4.03. The fourth-order valence-corrected chi connectivity index (χ4v) is 2.56. The van der Waals surface area contributed by atoms with E-state index in [2.05, 4.69) is 4.98 Å². The van der Waals surface area contributed by atoms with Crippen LogP contribution in [0.25, 0.3) is 0 Å². The summed E-state index contributed by atoms with van der Waals surface area (Å²) in [7, 11) is 1.63. The van der Waals surface area contributed by atoms with Crippen molar-refractivity contribution in [2.24, 2.45) is 0 Å². The van der Waals surface area contributed by atoms with Gasteiger partial charge in [-0.25, -0.2) is 4.98 Å². The third kappa shape index (κ3) is 2.94.